The molecule has 0 spiro atoms. The number of unbranched alkanes of at least 4 members (excludes halogenated alkanes) is 19. The van der Waals surface area contributed by atoms with Crippen LogP contribution in [0.3, 0.4) is 0 Å². The zero-order valence-corrected chi connectivity index (χ0v) is 53.2. The minimum absolute atomic E-state index is 0.219. The van der Waals surface area contributed by atoms with Crippen molar-refractivity contribution in [2.45, 2.75) is 304 Å². The van der Waals surface area contributed by atoms with Gasteiger partial charge in [0.2, 0.25) is 5.91 Å². The summed E-state index contributed by atoms with van der Waals surface area (Å²) in [6, 6.07) is -1.00. The van der Waals surface area contributed by atoms with E-state index in [1.165, 1.54) is 64.2 Å². The Balaban J connectivity index is 1.45. The molecule has 12 N–H and O–H groups in total. The molecule has 19 heteroatoms. The number of aliphatic hydroxyl groups excluding tert-OH is 11. The number of rotatable bonds is 49. The van der Waals surface area contributed by atoms with Gasteiger partial charge in [0.25, 0.3) is 0 Å². The van der Waals surface area contributed by atoms with Crippen molar-refractivity contribution in [2.75, 3.05) is 26.4 Å². The Bertz CT molecular complexity index is 1970. The second kappa shape index (κ2) is 50.3. The van der Waals surface area contributed by atoms with Crippen LogP contribution in [0.4, 0.5) is 0 Å². The molecule has 17 atom stereocenters. The molecule has 3 fully saturated rings. The van der Waals surface area contributed by atoms with E-state index in [-0.39, 0.29) is 18.9 Å². The summed E-state index contributed by atoms with van der Waals surface area (Å²) in [7, 11) is 0. The molecule has 0 aliphatic carbocycles. The van der Waals surface area contributed by atoms with Crippen molar-refractivity contribution in [1.82, 2.24) is 5.32 Å². The van der Waals surface area contributed by atoms with Crippen molar-refractivity contribution >= 4 is 5.91 Å². The summed E-state index contributed by atoms with van der Waals surface area (Å²) in [5, 5.41) is 120. The molecule has 88 heavy (non-hydrogen) atoms. The Hall–Kier alpha value is -3.29. The van der Waals surface area contributed by atoms with Gasteiger partial charge >= 0.3 is 0 Å². The Labute approximate surface area is 526 Å². The highest BCUT2D eigenvalue weighted by Crippen LogP contribution is 2.33. The first-order chi connectivity index (χ1) is 42.8. The van der Waals surface area contributed by atoms with Crippen molar-refractivity contribution in [3.05, 3.63) is 97.2 Å². The van der Waals surface area contributed by atoms with Crippen molar-refractivity contribution < 1.29 is 89.4 Å². The number of aliphatic hydroxyl groups is 11. The van der Waals surface area contributed by atoms with Crippen molar-refractivity contribution in [3.8, 4) is 0 Å². The number of carbonyl (C=O) groups excluding carboxylic acids is 1. The lowest BCUT2D eigenvalue weighted by Gasteiger charge is -2.48. The van der Waals surface area contributed by atoms with Gasteiger partial charge in [-0.3, -0.25) is 4.79 Å². The average molecular weight is 1250 g/mol. The summed E-state index contributed by atoms with van der Waals surface area (Å²) in [5.74, 6) is -0.299. The SMILES string of the molecule is CC/C=C\C/C=C\C/C=C\C/C=C\C/C=C\C/C=C\CCCCCCCCCCC(=O)NC(COC1OC(CO)C(OC2OC(CO)C(OC3OC(CO)C(O)C(O)C3O)C(O)C2O)C(O)C1O)C(O)/C=C/CC/C=C/CCCCCCCCCCCC. The van der Waals surface area contributed by atoms with E-state index in [1.807, 2.05) is 6.08 Å². The van der Waals surface area contributed by atoms with Crippen molar-refractivity contribution in [1.29, 1.82) is 0 Å². The molecular weight excluding hydrogens is 1130 g/mol. The molecule has 0 aromatic carbocycles. The Kier molecular flexibility index (Phi) is 45.1. The summed E-state index contributed by atoms with van der Waals surface area (Å²) in [4.78, 5) is 13.4. The number of amides is 1. The second-order valence-electron chi connectivity index (χ2n) is 23.5. The third-order valence-electron chi connectivity index (χ3n) is 16.1. The van der Waals surface area contributed by atoms with Gasteiger partial charge in [-0.1, -0.05) is 207 Å². The van der Waals surface area contributed by atoms with Crippen LogP contribution < -0.4 is 5.32 Å². The van der Waals surface area contributed by atoms with Gasteiger partial charge in [-0.05, 0) is 83.5 Å². The summed E-state index contributed by atoms with van der Waals surface area (Å²) in [5.41, 5.74) is 0. The van der Waals surface area contributed by atoms with Gasteiger partial charge in [-0.15, -0.1) is 0 Å². The normalized spacial score (nSPS) is 29.0. The van der Waals surface area contributed by atoms with E-state index in [4.69, 9.17) is 28.4 Å². The van der Waals surface area contributed by atoms with E-state index in [2.05, 4.69) is 104 Å². The molecule has 19 nitrogen and oxygen atoms in total. The maximum absolute atomic E-state index is 13.4. The zero-order chi connectivity index (χ0) is 64.0. The fourth-order valence-corrected chi connectivity index (χ4v) is 10.7. The van der Waals surface area contributed by atoms with Crippen LogP contribution in [0.15, 0.2) is 97.2 Å². The lowest BCUT2D eigenvalue weighted by Crippen LogP contribution is -2.66. The molecule has 3 saturated heterocycles. The van der Waals surface area contributed by atoms with Gasteiger partial charge in [0.1, 0.15) is 73.2 Å². The Morgan fingerprint density at radius 2 is 0.795 bits per heavy atom. The third-order valence-corrected chi connectivity index (χ3v) is 16.1. The highest BCUT2D eigenvalue weighted by molar-refractivity contribution is 5.76. The van der Waals surface area contributed by atoms with Crippen LogP contribution in [0.25, 0.3) is 0 Å². The van der Waals surface area contributed by atoms with Crippen LogP contribution in [-0.2, 0) is 33.2 Å². The van der Waals surface area contributed by atoms with E-state index in [9.17, 15) is 61.0 Å². The number of hydrogen-bond donors (Lipinski definition) is 12. The van der Waals surface area contributed by atoms with Gasteiger partial charge in [-0.2, -0.15) is 0 Å². The molecule has 0 saturated carbocycles. The Morgan fingerprint density at radius 1 is 0.420 bits per heavy atom. The quantitative estimate of drug-likeness (QED) is 0.0202. The van der Waals surface area contributed by atoms with Crippen LogP contribution >= 0.6 is 0 Å². The predicted octanol–water partition coefficient (Wildman–Crippen LogP) is 8.10. The fraction of sp³-hybridized carbons (Fsp3) is 0.754. The molecule has 3 heterocycles. The molecule has 0 aromatic rings. The largest absolute Gasteiger partial charge is 0.394 e. The predicted molar refractivity (Wildman–Crippen MR) is 341 cm³/mol. The lowest BCUT2D eigenvalue weighted by molar-refractivity contribution is -0.379. The molecule has 0 radical (unpaired) electrons. The molecule has 3 aliphatic rings. The Morgan fingerprint density at radius 3 is 1.27 bits per heavy atom. The first-order valence-electron chi connectivity index (χ1n) is 33.5. The second-order valence-corrected chi connectivity index (χ2v) is 23.5. The highest BCUT2D eigenvalue weighted by Gasteiger charge is 2.53. The van der Waals surface area contributed by atoms with Crippen LogP contribution in [0.2, 0.25) is 0 Å². The molecule has 1 amide bonds. The molecule has 0 aromatic heterocycles. The molecule has 0 bridgehead atoms. The van der Waals surface area contributed by atoms with Gasteiger partial charge in [0.15, 0.2) is 18.9 Å². The van der Waals surface area contributed by atoms with Crippen LogP contribution in [-0.4, -0.2) is 193 Å². The minimum Gasteiger partial charge on any atom is -0.394 e. The summed E-state index contributed by atoms with van der Waals surface area (Å²) in [6.07, 6.45) is 38.0. The van der Waals surface area contributed by atoms with Gasteiger partial charge < -0.3 is 89.9 Å². The van der Waals surface area contributed by atoms with Crippen LogP contribution in [0.5, 0.6) is 0 Å². The average Bonchev–Trinajstić information content (AvgIpc) is 3.39. The zero-order valence-electron chi connectivity index (χ0n) is 53.2. The highest BCUT2D eigenvalue weighted by atomic mass is 16.8. The van der Waals surface area contributed by atoms with Crippen molar-refractivity contribution in [3.63, 3.8) is 0 Å². The van der Waals surface area contributed by atoms with Crippen LogP contribution in [0.1, 0.15) is 200 Å². The number of allylic oxidation sites excluding steroid dienone is 15. The summed E-state index contributed by atoms with van der Waals surface area (Å²) in [6.45, 7) is 1.57. The maximum Gasteiger partial charge on any atom is 0.220 e. The summed E-state index contributed by atoms with van der Waals surface area (Å²) >= 11 is 0. The first kappa shape index (κ1) is 78.9. The monoisotopic (exact) mass is 1250 g/mol. The molecule has 506 valence electrons. The molecule has 17 unspecified atom stereocenters. The van der Waals surface area contributed by atoms with Gasteiger partial charge in [-0.25, -0.2) is 0 Å². The van der Waals surface area contributed by atoms with Crippen molar-refractivity contribution in [2.24, 2.45) is 0 Å². The number of nitrogens with one attached hydrogen (secondary N) is 1. The number of ether oxygens (including phenoxy) is 6. The standard InChI is InChI=1S/C69H117NO18/c1-3-5-7-9-11-13-15-17-19-21-22-23-24-25-26-27-28-29-30-31-33-35-37-39-41-43-45-47-57(75)70-52(53(74)46-44-42-40-38-36-34-32-20-18-16-14-12-10-8-6-4-2)51-83-67-63(81)60(78)65(55(49-72)85-67)88-69-64(82)61(79)66(56(50-73)86-69)87-68-62(80)59(77)58(76)54(48-71)84-68/h5,7,11,13,17,19,22-23,25-26,28-29,36,38,44,46,52-56,58-69,71-74,76-82H,3-4,6,8-10,12,14-16,18,20-21,24,27,30-35,37,39-43,45,47-51H2,1-2H3,(H,70,75)/b7-5-,13-11-,19-17-,23-22-,26-25-,29-28-,38-36+,46-44+. The van der Waals surface area contributed by atoms with E-state index in [0.29, 0.717) is 12.8 Å². The maximum atomic E-state index is 13.4. The minimum atomic E-state index is -1.99. The smallest absolute Gasteiger partial charge is 0.220 e. The van der Waals surface area contributed by atoms with E-state index >= 15 is 0 Å². The van der Waals surface area contributed by atoms with Gasteiger partial charge in [0, 0.05) is 6.42 Å². The fourth-order valence-electron chi connectivity index (χ4n) is 10.7. The number of carbonyl (C=O) groups is 1. The van der Waals surface area contributed by atoms with E-state index in [0.717, 1.165) is 103 Å². The van der Waals surface area contributed by atoms with E-state index in [1.54, 1.807) is 6.08 Å². The van der Waals surface area contributed by atoms with Gasteiger partial charge in [0.05, 0.1) is 38.6 Å². The summed E-state index contributed by atoms with van der Waals surface area (Å²) < 4.78 is 34.3. The molecule has 3 aliphatic heterocycles. The third kappa shape index (κ3) is 32.3. The van der Waals surface area contributed by atoms with E-state index < -0.39 is 124 Å². The van der Waals surface area contributed by atoms with Crippen LogP contribution in [0, 0.1) is 0 Å². The molecule has 3 rings (SSSR count). The topological polar surface area (TPSA) is 307 Å². The number of hydrogen-bond acceptors (Lipinski definition) is 18. The molecular formula is C69H117NO18. The first-order valence-corrected chi connectivity index (χ1v) is 33.5. The lowest BCUT2D eigenvalue weighted by atomic mass is 9.96.